The molecular formula is C19H21ClN2O. The lowest BCUT2D eigenvalue weighted by molar-refractivity contribution is 0.115. The number of hydrogen-bond donors (Lipinski definition) is 1. The Labute approximate surface area is 142 Å². The lowest BCUT2D eigenvalue weighted by atomic mass is 9.97. The lowest BCUT2D eigenvalue weighted by Crippen LogP contribution is -2.32. The van der Waals surface area contributed by atoms with Crippen LogP contribution >= 0.6 is 11.6 Å². The molecule has 0 amide bonds. The third-order valence-corrected chi connectivity index (χ3v) is 4.21. The summed E-state index contributed by atoms with van der Waals surface area (Å²) < 4.78 is 6.06. The van der Waals surface area contributed by atoms with Gasteiger partial charge in [-0.2, -0.15) is 0 Å². The van der Waals surface area contributed by atoms with Gasteiger partial charge >= 0.3 is 0 Å². The molecule has 0 bridgehead atoms. The van der Waals surface area contributed by atoms with E-state index in [9.17, 15) is 0 Å². The number of aliphatic imine (C=N–C) groups is 1. The molecule has 0 unspecified atom stereocenters. The molecule has 1 heterocycles. The third kappa shape index (κ3) is 3.20. The van der Waals surface area contributed by atoms with Crippen molar-refractivity contribution in [2.75, 3.05) is 11.9 Å². The molecule has 120 valence electrons. The van der Waals surface area contributed by atoms with Crippen molar-refractivity contribution >= 4 is 23.0 Å². The Morgan fingerprint density at radius 2 is 1.96 bits per heavy atom. The number of anilines is 1. The molecule has 2 aromatic rings. The van der Waals surface area contributed by atoms with E-state index in [2.05, 4.69) is 30.4 Å². The van der Waals surface area contributed by atoms with E-state index in [1.807, 2.05) is 39.0 Å². The highest BCUT2D eigenvalue weighted by Crippen LogP contribution is 2.35. The number of aryl methyl sites for hydroxylation is 1. The van der Waals surface area contributed by atoms with Crippen LogP contribution in [-0.2, 0) is 0 Å². The molecule has 0 saturated carbocycles. The fraction of sp³-hybridized carbons (Fsp3) is 0.316. The fourth-order valence-electron chi connectivity index (χ4n) is 2.75. The predicted molar refractivity (Wildman–Crippen MR) is 97.1 cm³/mol. The van der Waals surface area contributed by atoms with Gasteiger partial charge in [-0.3, -0.25) is 0 Å². The van der Waals surface area contributed by atoms with E-state index in [1.54, 1.807) is 0 Å². The molecule has 23 heavy (non-hydrogen) atoms. The van der Waals surface area contributed by atoms with Gasteiger partial charge in [0.05, 0.1) is 5.71 Å². The summed E-state index contributed by atoms with van der Waals surface area (Å²) in [5.41, 5.74) is 4.51. The Bertz CT molecular complexity index is 781. The number of nitrogens with one attached hydrogen (secondary N) is 1. The van der Waals surface area contributed by atoms with E-state index in [-0.39, 0.29) is 0 Å². The Morgan fingerprint density at radius 3 is 2.65 bits per heavy atom. The molecule has 0 fully saturated rings. The molecule has 0 aromatic heterocycles. The van der Waals surface area contributed by atoms with Gasteiger partial charge < -0.3 is 10.1 Å². The molecule has 1 aliphatic heterocycles. The molecule has 0 saturated heterocycles. The van der Waals surface area contributed by atoms with Crippen LogP contribution in [0.4, 0.5) is 5.69 Å². The van der Waals surface area contributed by atoms with Crippen molar-refractivity contribution in [1.82, 2.24) is 0 Å². The Morgan fingerprint density at radius 1 is 1.17 bits per heavy atom. The number of hydrogen-bond acceptors (Lipinski definition) is 3. The fourth-order valence-corrected chi connectivity index (χ4v) is 2.87. The first-order chi connectivity index (χ1) is 10.9. The van der Waals surface area contributed by atoms with E-state index in [0.717, 1.165) is 45.4 Å². The van der Waals surface area contributed by atoms with Gasteiger partial charge in [-0.05, 0) is 57.5 Å². The molecular weight excluding hydrogens is 308 g/mol. The number of benzene rings is 2. The highest BCUT2D eigenvalue weighted by atomic mass is 35.5. The first-order valence-corrected chi connectivity index (χ1v) is 8.21. The van der Waals surface area contributed by atoms with Crippen LogP contribution in [0.1, 0.15) is 37.5 Å². The summed E-state index contributed by atoms with van der Waals surface area (Å²) >= 11 is 6.16. The monoisotopic (exact) mass is 328 g/mol. The van der Waals surface area contributed by atoms with E-state index in [1.165, 1.54) is 0 Å². The van der Waals surface area contributed by atoms with Crippen molar-refractivity contribution in [1.29, 1.82) is 0 Å². The van der Waals surface area contributed by atoms with Crippen LogP contribution in [0.25, 0.3) is 0 Å². The largest absolute Gasteiger partial charge is 0.466 e. The van der Waals surface area contributed by atoms with Crippen molar-refractivity contribution in [2.45, 2.75) is 33.4 Å². The van der Waals surface area contributed by atoms with Gasteiger partial charge in [0, 0.05) is 34.4 Å². The van der Waals surface area contributed by atoms with Crippen LogP contribution in [0, 0.1) is 6.92 Å². The van der Waals surface area contributed by atoms with Gasteiger partial charge in [0.25, 0.3) is 0 Å². The number of rotatable bonds is 3. The molecule has 2 aromatic carbocycles. The highest BCUT2D eigenvalue weighted by molar-refractivity contribution is 6.31. The van der Waals surface area contributed by atoms with Crippen LogP contribution in [-0.4, -0.2) is 18.0 Å². The summed E-state index contributed by atoms with van der Waals surface area (Å²) in [5.74, 6) is 0.853. The molecule has 0 spiro atoms. The number of nitrogens with zero attached hydrogens (tertiary/aromatic N) is 1. The summed E-state index contributed by atoms with van der Waals surface area (Å²) in [4.78, 5) is 4.80. The van der Waals surface area contributed by atoms with Crippen LogP contribution in [0.5, 0.6) is 5.75 Å². The van der Waals surface area contributed by atoms with Gasteiger partial charge in [0.15, 0.2) is 5.72 Å². The summed E-state index contributed by atoms with van der Waals surface area (Å²) in [6, 6.07) is 12.2. The maximum Gasteiger partial charge on any atom is 0.195 e. The Kier molecular flexibility index (Phi) is 4.07. The summed E-state index contributed by atoms with van der Waals surface area (Å²) in [7, 11) is 0. The maximum atomic E-state index is 6.16. The minimum Gasteiger partial charge on any atom is -0.466 e. The van der Waals surface area contributed by atoms with Crippen LogP contribution in [0.15, 0.2) is 41.4 Å². The number of halogens is 1. The van der Waals surface area contributed by atoms with Crippen molar-refractivity contribution in [2.24, 2.45) is 4.99 Å². The van der Waals surface area contributed by atoms with E-state index in [0.29, 0.717) is 0 Å². The second kappa shape index (κ2) is 5.89. The second-order valence-electron chi connectivity index (χ2n) is 6.21. The molecule has 1 N–H and O–H groups in total. The zero-order valence-corrected chi connectivity index (χ0v) is 14.7. The average Bonchev–Trinajstić information content (AvgIpc) is 2.48. The van der Waals surface area contributed by atoms with E-state index < -0.39 is 5.72 Å². The number of ether oxygens (including phenoxy) is 1. The van der Waals surface area contributed by atoms with Crippen LogP contribution in [0.2, 0.25) is 5.02 Å². The highest BCUT2D eigenvalue weighted by Gasteiger charge is 2.29. The van der Waals surface area contributed by atoms with Crippen molar-refractivity contribution in [3.8, 4) is 5.75 Å². The normalized spacial score (nSPS) is 15.4. The second-order valence-corrected chi connectivity index (χ2v) is 6.62. The lowest BCUT2D eigenvalue weighted by Gasteiger charge is -2.30. The van der Waals surface area contributed by atoms with Gasteiger partial charge in [0.1, 0.15) is 5.75 Å². The SMILES string of the molecule is CCNc1ccc2c(c1)OC(C)(C)N=C2c1ccc(Cl)c(C)c1. The zero-order valence-electron chi connectivity index (χ0n) is 13.9. The van der Waals surface area contributed by atoms with Gasteiger partial charge in [-0.25, -0.2) is 4.99 Å². The first kappa shape index (κ1) is 15.9. The number of fused-ring (bicyclic) bond motifs is 1. The minimum atomic E-state index is -0.597. The Hall–Kier alpha value is -2.00. The molecule has 4 heteroatoms. The average molecular weight is 329 g/mol. The van der Waals surface area contributed by atoms with Gasteiger partial charge in [0.2, 0.25) is 0 Å². The minimum absolute atomic E-state index is 0.597. The van der Waals surface area contributed by atoms with Crippen molar-refractivity contribution < 1.29 is 4.74 Å². The molecule has 0 atom stereocenters. The van der Waals surface area contributed by atoms with Gasteiger partial charge in [-0.15, -0.1) is 0 Å². The third-order valence-electron chi connectivity index (χ3n) is 3.79. The summed E-state index contributed by atoms with van der Waals surface area (Å²) in [6.07, 6.45) is 0. The van der Waals surface area contributed by atoms with E-state index in [4.69, 9.17) is 21.3 Å². The van der Waals surface area contributed by atoms with Gasteiger partial charge in [-0.1, -0.05) is 17.7 Å². The first-order valence-electron chi connectivity index (χ1n) is 7.83. The summed E-state index contributed by atoms with van der Waals surface area (Å²) in [6.45, 7) is 8.90. The zero-order chi connectivity index (χ0) is 16.6. The standard InChI is InChI=1S/C19H21ClN2O/c1-5-21-14-7-8-15-17(11-14)23-19(3,4)22-18(15)13-6-9-16(20)12(2)10-13/h6-11,21H,5H2,1-4H3. The van der Waals surface area contributed by atoms with E-state index >= 15 is 0 Å². The van der Waals surface area contributed by atoms with Crippen molar-refractivity contribution in [3.05, 3.63) is 58.1 Å². The smallest absolute Gasteiger partial charge is 0.195 e. The maximum absolute atomic E-state index is 6.16. The molecule has 0 aliphatic carbocycles. The van der Waals surface area contributed by atoms with Crippen LogP contribution < -0.4 is 10.1 Å². The van der Waals surface area contributed by atoms with Crippen LogP contribution in [0.3, 0.4) is 0 Å². The quantitative estimate of drug-likeness (QED) is 0.855. The van der Waals surface area contributed by atoms with Crippen molar-refractivity contribution in [3.63, 3.8) is 0 Å². The molecule has 1 aliphatic rings. The molecule has 0 radical (unpaired) electrons. The molecule has 3 nitrogen and oxygen atoms in total. The summed E-state index contributed by atoms with van der Waals surface area (Å²) in [5, 5.41) is 4.09. The topological polar surface area (TPSA) is 33.6 Å². The molecule has 3 rings (SSSR count). The predicted octanol–water partition coefficient (Wildman–Crippen LogP) is 5.05. The Balaban J connectivity index is 2.12.